The minimum atomic E-state index is -1.21. The van der Waals surface area contributed by atoms with E-state index in [1.54, 1.807) is 0 Å². The molecule has 0 amide bonds. The molecule has 0 aliphatic rings. The number of aliphatic hydroxyl groups is 1. The number of carbonyl (C=O) groups excluding carboxylic acids is 1. The molecule has 0 heterocycles. The van der Waals surface area contributed by atoms with Crippen LogP contribution in [0, 0.1) is 0 Å². The zero-order chi connectivity index (χ0) is 8.85. The molecule has 0 aromatic carbocycles. The molecule has 0 aliphatic heterocycles. The summed E-state index contributed by atoms with van der Waals surface area (Å²) in [6, 6.07) is 0. The monoisotopic (exact) mass is 220 g/mol. The molecule has 66 valence electrons. The smallest absolute Gasteiger partial charge is 0.339 e. The van der Waals surface area contributed by atoms with Gasteiger partial charge in [0.2, 0.25) is 4.84 Å². The van der Waals surface area contributed by atoms with Crippen molar-refractivity contribution in [2.45, 2.75) is 10.9 Å². The summed E-state index contributed by atoms with van der Waals surface area (Å²) in [6.07, 6.45) is -0.868. The fourth-order valence-electron chi connectivity index (χ4n) is 0.286. The van der Waals surface area contributed by atoms with Gasteiger partial charge in [-0.05, 0) is 0 Å². The summed E-state index contributed by atoms with van der Waals surface area (Å²) < 4.78 is 4.42. The van der Waals surface area contributed by atoms with Gasteiger partial charge >= 0.3 is 5.97 Å². The van der Waals surface area contributed by atoms with Crippen molar-refractivity contribution in [2.24, 2.45) is 0 Å². The van der Waals surface area contributed by atoms with E-state index in [0.717, 1.165) is 0 Å². The zero-order valence-corrected chi connectivity index (χ0v) is 7.73. The van der Waals surface area contributed by atoms with E-state index >= 15 is 0 Å². The van der Waals surface area contributed by atoms with Gasteiger partial charge in [-0.1, -0.05) is 23.2 Å². The Balaban J connectivity index is 3.46. The predicted octanol–water partition coefficient (Wildman–Crippen LogP) is 0.933. The number of esters is 1. The van der Waals surface area contributed by atoms with Crippen molar-refractivity contribution in [1.82, 2.24) is 0 Å². The van der Waals surface area contributed by atoms with Gasteiger partial charge in [-0.2, -0.15) is 0 Å². The minimum Gasteiger partial charge on any atom is -0.461 e. The summed E-state index contributed by atoms with van der Waals surface area (Å²) in [7, 11) is 0. The normalized spacial score (nSPS) is 13.2. The maximum absolute atomic E-state index is 10.5. The summed E-state index contributed by atoms with van der Waals surface area (Å²) in [6.45, 7) is -0.182. The van der Waals surface area contributed by atoms with Crippen LogP contribution >= 0.6 is 34.8 Å². The third kappa shape index (κ3) is 5.56. The van der Waals surface area contributed by atoms with Gasteiger partial charge in [-0.15, -0.1) is 11.6 Å². The highest BCUT2D eigenvalue weighted by atomic mass is 35.5. The van der Waals surface area contributed by atoms with E-state index in [0.29, 0.717) is 0 Å². The molecule has 0 saturated carbocycles. The fourth-order valence-corrected chi connectivity index (χ4v) is 0.501. The Morgan fingerprint density at radius 3 is 2.45 bits per heavy atom. The Kier molecular flexibility index (Phi) is 6.05. The first kappa shape index (κ1) is 11.3. The minimum absolute atomic E-state index is 0.00250. The first-order valence-electron chi connectivity index (χ1n) is 2.76. The molecule has 0 radical (unpaired) electrons. The number of ether oxygens (including phenoxy) is 1. The van der Waals surface area contributed by atoms with Crippen LogP contribution in [0.5, 0.6) is 0 Å². The third-order valence-corrected chi connectivity index (χ3v) is 1.49. The second kappa shape index (κ2) is 5.89. The fraction of sp³-hybridized carbons (Fsp3) is 0.800. The molecule has 0 fully saturated rings. The van der Waals surface area contributed by atoms with Gasteiger partial charge < -0.3 is 9.84 Å². The Morgan fingerprint density at radius 2 is 2.09 bits per heavy atom. The largest absolute Gasteiger partial charge is 0.461 e. The molecule has 1 unspecified atom stereocenters. The lowest BCUT2D eigenvalue weighted by atomic mass is 10.4. The molecule has 1 atom stereocenters. The molecule has 0 rings (SSSR count). The van der Waals surface area contributed by atoms with E-state index in [-0.39, 0.29) is 12.5 Å². The Hall–Kier alpha value is 0.300. The van der Waals surface area contributed by atoms with Gasteiger partial charge in [0.25, 0.3) is 0 Å². The van der Waals surface area contributed by atoms with E-state index in [9.17, 15) is 4.79 Å². The van der Waals surface area contributed by atoms with Gasteiger partial charge in [0.05, 0.1) is 5.88 Å². The highest BCUT2D eigenvalue weighted by Crippen LogP contribution is 2.04. The molecular weight excluding hydrogens is 214 g/mol. The van der Waals surface area contributed by atoms with Gasteiger partial charge in [0.1, 0.15) is 12.7 Å². The molecule has 0 saturated heterocycles. The second-order valence-electron chi connectivity index (χ2n) is 1.74. The van der Waals surface area contributed by atoms with Crippen molar-refractivity contribution >= 4 is 40.8 Å². The van der Waals surface area contributed by atoms with E-state index < -0.39 is 16.9 Å². The first-order chi connectivity index (χ1) is 5.07. The van der Waals surface area contributed by atoms with E-state index in [2.05, 4.69) is 4.74 Å². The second-order valence-corrected chi connectivity index (χ2v) is 3.14. The summed E-state index contributed by atoms with van der Waals surface area (Å²) in [5.41, 5.74) is 0. The van der Waals surface area contributed by atoms with Crippen LogP contribution in [0.15, 0.2) is 0 Å². The molecule has 1 N–H and O–H groups in total. The van der Waals surface area contributed by atoms with Crippen molar-refractivity contribution in [3.05, 3.63) is 0 Å². The molecule has 0 aromatic heterocycles. The van der Waals surface area contributed by atoms with E-state index in [4.69, 9.17) is 39.9 Å². The average Bonchev–Trinajstić information content (AvgIpc) is 1.99. The van der Waals surface area contributed by atoms with Crippen LogP contribution in [0.1, 0.15) is 0 Å². The lowest BCUT2D eigenvalue weighted by molar-refractivity contribution is -0.144. The molecule has 0 aromatic rings. The molecule has 0 aliphatic carbocycles. The predicted molar refractivity (Wildman–Crippen MR) is 43.2 cm³/mol. The van der Waals surface area contributed by atoms with Crippen LogP contribution in [0.2, 0.25) is 0 Å². The Bertz CT molecular complexity index is 128. The number of aliphatic hydroxyl groups excluding tert-OH is 1. The Labute approximate surface area is 79.2 Å². The highest BCUT2D eigenvalue weighted by molar-refractivity contribution is 6.52. The van der Waals surface area contributed by atoms with Crippen LogP contribution < -0.4 is 0 Å². The number of alkyl halides is 3. The van der Waals surface area contributed by atoms with Crippen molar-refractivity contribution in [3.8, 4) is 0 Å². The van der Waals surface area contributed by atoms with Gasteiger partial charge in [0.15, 0.2) is 0 Å². The lowest BCUT2D eigenvalue weighted by Crippen LogP contribution is -2.22. The van der Waals surface area contributed by atoms with E-state index in [1.807, 2.05) is 0 Å². The topological polar surface area (TPSA) is 46.5 Å². The average molecular weight is 221 g/mol. The van der Waals surface area contributed by atoms with Gasteiger partial charge in [-0.3, -0.25) is 0 Å². The molecular formula is C5H7Cl3O3. The number of rotatable bonds is 4. The maximum atomic E-state index is 10.5. The summed E-state index contributed by atoms with van der Waals surface area (Å²) in [4.78, 5) is 9.31. The standard InChI is InChI=1S/C5H7Cl3O3/c6-1-3(9)2-11-5(10)4(7)8/h3-4,9H,1-2H2. The van der Waals surface area contributed by atoms with Crippen molar-refractivity contribution in [2.75, 3.05) is 12.5 Å². The summed E-state index contributed by atoms with van der Waals surface area (Å²) >= 11 is 15.5. The number of carbonyl (C=O) groups is 1. The first-order valence-corrected chi connectivity index (χ1v) is 4.17. The van der Waals surface area contributed by atoms with Crippen LogP contribution in [0.4, 0.5) is 0 Å². The van der Waals surface area contributed by atoms with E-state index in [1.165, 1.54) is 0 Å². The SMILES string of the molecule is O=C(OCC(O)CCl)C(Cl)Cl. The van der Waals surface area contributed by atoms with Crippen LogP contribution in [-0.4, -0.2) is 34.5 Å². The summed E-state index contributed by atoms with van der Waals surface area (Å²) in [5, 5.41) is 8.79. The molecule has 6 heteroatoms. The third-order valence-electron chi connectivity index (χ3n) is 0.774. The van der Waals surface area contributed by atoms with Crippen molar-refractivity contribution in [3.63, 3.8) is 0 Å². The number of halogens is 3. The Morgan fingerprint density at radius 1 is 1.55 bits per heavy atom. The lowest BCUT2D eigenvalue weighted by Gasteiger charge is -2.07. The van der Waals surface area contributed by atoms with Crippen LogP contribution in [-0.2, 0) is 9.53 Å². The molecule has 11 heavy (non-hydrogen) atoms. The molecule has 3 nitrogen and oxygen atoms in total. The van der Waals surface area contributed by atoms with Crippen LogP contribution in [0.3, 0.4) is 0 Å². The summed E-state index contributed by atoms with van der Waals surface area (Å²) in [5.74, 6) is -0.778. The van der Waals surface area contributed by atoms with Gasteiger partial charge in [-0.25, -0.2) is 4.79 Å². The molecule has 0 spiro atoms. The van der Waals surface area contributed by atoms with Crippen molar-refractivity contribution in [1.29, 1.82) is 0 Å². The molecule has 0 bridgehead atoms. The van der Waals surface area contributed by atoms with Crippen molar-refractivity contribution < 1.29 is 14.6 Å². The quantitative estimate of drug-likeness (QED) is 0.567. The maximum Gasteiger partial charge on any atom is 0.339 e. The zero-order valence-electron chi connectivity index (χ0n) is 5.47. The highest BCUT2D eigenvalue weighted by Gasteiger charge is 2.14. The number of hydrogen-bond donors (Lipinski definition) is 1. The van der Waals surface area contributed by atoms with Gasteiger partial charge in [0, 0.05) is 0 Å². The number of hydrogen-bond acceptors (Lipinski definition) is 3. The van der Waals surface area contributed by atoms with Crippen LogP contribution in [0.25, 0.3) is 0 Å².